The molecule has 0 radical (unpaired) electrons. The Hall–Kier alpha value is -1.59. The fraction of sp³-hybridized carbons (Fsp3) is 0.250. The lowest BCUT2D eigenvalue weighted by Gasteiger charge is -2.07. The van der Waals surface area contributed by atoms with Crippen LogP contribution in [0.15, 0.2) is 18.3 Å². The van der Waals surface area contributed by atoms with Crippen LogP contribution in [0.1, 0.15) is 16.1 Å². The molecule has 0 amide bonds. The highest BCUT2D eigenvalue weighted by molar-refractivity contribution is 5.88. The van der Waals surface area contributed by atoms with Crippen molar-refractivity contribution in [1.29, 1.82) is 0 Å². The first kappa shape index (κ1) is 10.5. The Labute approximate surface area is 77.2 Å². The van der Waals surface area contributed by atoms with Gasteiger partial charge in [-0.2, -0.15) is 13.2 Å². The SMILES string of the molecule is O=C(O)c1cccnc1CC(F)(F)F. The van der Waals surface area contributed by atoms with Gasteiger partial charge in [-0.05, 0) is 12.1 Å². The maximum atomic E-state index is 12.0. The monoisotopic (exact) mass is 205 g/mol. The lowest BCUT2D eigenvalue weighted by molar-refractivity contribution is -0.127. The third-order valence-corrected chi connectivity index (χ3v) is 1.49. The Morgan fingerprint density at radius 2 is 2.14 bits per heavy atom. The van der Waals surface area contributed by atoms with E-state index < -0.39 is 29.8 Å². The summed E-state index contributed by atoms with van der Waals surface area (Å²) in [5, 5.41) is 8.56. The molecule has 3 nitrogen and oxygen atoms in total. The van der Waals surface area contributed by atoms with Crippen molar-refractivity contribution in [1.82, 2.24) is 4.98 Å². The third-order valence-electron chi connectivity index (χ3n) is 1.49. The molecule has 1 rings (SSSR count). The summed E-state index contributed by atoms with van der Waals surface area (Å²) < 4.78 is 35.9. The maximum absolute atomic E-state index is 12.0. The highest BCUT2D eigenvalue weighted by atomic mass is 19.4. The topological polar surface area (TPSA) is 50.2 Å². The van der Waals surface area contributed by atoms with E-state index in [1.54, 1.807) is 0 Å². The van der Waals surface area contributed by atoms with Crippen LogP contribution in [0.4, 0.5) is 13.2 Å². The van der Waals surface area contributed by atoms with Gasteiger partial charge in [0.05, 0.1) is 17.7 Å². The van der Waals surface area contributed by atoms with Gasteiger partial charge >= 0.3 is 12.1 Å². The minimum atomic E-state index is -4.45. The zero-order chi connectivity index (χ0) is 10.8. The summed E-state index contributed by atoms with van der Waals surface area (Å²) in [5.41, 5.74) is -0.877. The molecule has 1 aromatic heterocycles. The van der Waals surface area contributed by atoms with Crippen LogP contribution >= 0.6 is 0 Å². The lowest BCUT2D eigenvalue weighted by atomic mass is 10.1. The summed E-state index contributed by atoms with van der Waals surface area (Å²) in [6.45, 7) is 0. The van der Waals surface area contributed by atoms with E-state index in [-0.39, 0.29) is 0 Å². The van der Waals surface area contributed by atoms with Crippen LogP contribution < -0.4 is 0 Å². The second kappa shape index (κ2) is 3.65. The van der Waals surface area contributed by atoms with Gasteiger partial charge in [0.1, 0.15) is 0 Å². The van der Waals surface area contributed by atoms with E-state index in [0.29, 0.717) is 0 Å². The summed E-state index contributed by atoms with van der Waals surface area (Å²) in [5.74, 6) is -1.41. The average Bonchev–Trinajstić information content (AvgIpc) is 2.01. The molecule has 0 aromatic carbocycles. The van der Waals surface area contributed by atoms with Crippen molar-refractivity contribution in [2.45, 2.75) is 12.6 Å². The van der Waals surface area contributed by atoms with Gasteiger partial charge in [0.2, 0.25) is 0 Å². The molecule has 1 aromatic rings. The molecule has 0 atom stereocenters. The van der Waals surface area contributed by atoms with Gasteiger partial charge in [0, 0.05) is 6.20 Å². The molecule has 0 unspecified atom stereocenters. The molecule has 76 valence electrons. The first-order valence-corrected chi connectivity index (χ1v) is 3.64. The molecule has 1 heterocycles. The van der Waals surface area contributed by atoms with Crippen molar-refractivity contribution >= 4 is 5.97 Å². The number of hydrogen-bond acceptors (Lipinski definition) is 2. The number of alkyl halides is 3. The van der Waals surface area contributed by atoms with Crippen LogP contribution in [-0.2, 0) is 6.42 Å². The second-order valence-corrected chi connectivity index (χ2v) is 2.59. The zero-order valence-electron chi connectivity index (χ0n) is 6.88. The maximum Gasteiger partial charge on any atom is 0.394 e. The number of carboxylic acid groups (broad SMARTS) is 1. The average molecular weight is 205 g/mol. The van der Waals surface area contributed by atoms with E-state index >= 15 is 0 Å². The van der Waals surface area contributed by atoms with Crippen molar-refractivity contribution in [2.24, 2.45) is 0 Å². The van der Waals surface area contributed by atoms with E-state index in [0.717, 1.165) is 12.3 Å². The Balaban J connectivity index is 3.02. The first-order valence-electron chi connectivity index (χ1n) is 3.64. The quantitative estimate of drug-likeness (QED) is 0.801. The lowest BCUT2D eigenvalue weighted by Crippen LogP contribution is -2.16. The zero-order valence-corrected chi connectivity index (χ0v) is 6.88. The Morgan fingerprint density at radius 1 is 1.50 bits per heavy atom. The minimum Gasteiger partial charge on any atom is -0.478 e. The van der Waals surface area contributed by atoms with E-state index in [1.165, 1.54) is 6.07 Å². The van der Waals surface area contributed by atoms with Crippen LogP contribution in [0.3, 0.4) is 0 Å². The van der Waals surface area contributed by atoms with Crippen LogP contribution in [0.25, 0.3) is 0 Å². The van der Waals surface area contributed by atoms with Gasteiger partial charge in [0.25, 0.3) is 0 Å². The van der Waals surface area contributed by atoms with Crippen LogP contribution in [0.5, 0.6) is 0 Å². The van der Waals surface area contributed by atoms with Crippen LogP contribution in [-0.4, -0.2) is 22.2 Å². The Bertz CT molecular complexity index is 349. The van der Waals surface area contributed by atoms with Crippen LogP contribution in [0, 0.1) is 0 Å². The molecule has 0 spiro atoms. The number of rotatable bonds is 2. The van der Waals surface area contributed by atoms with Crippen molar-refractivity contribution in [3.05, 3.63) is 29.6 Å². The van der Waals surface area contributed by atoms with Gasteiger partial charge in [-0.1, -0.05) is 0 Å². The number of aromatic carboxylic acids is 1. The van der Waals surface area contributed by atoms with Gasteiger partial charge in [-0.3, -0.25) is 4.98 Å². The van der Waals surface area contributed by atoms with Gasteiger partial charge in [0.15, 0.2) is 0 Å². The molecule has 0 saturated carbocycles. The number of pyridine rings is 1. The standard InChI is InChI=1S/C8H6F3NO2/c9-8(10,11)4-6-5(7(13)14)2-1-3-12-6/h1-3H,4H2,(H,13,14). The number of carboxylic acids is 1. The molecule has 0 fully saturated rings. The van der Waals surface area contributed by atoms with Gasteiger partial charge in [-0.15, -0.1) is 0 Å². The van der Waals surface area contributed by atoms with Gasteiger partial charge < -0.3 is 5.11 Å². The third kappa shape index (κ3) is 2.72. The minimum absolute atomic E-state index is 0.412. The number of carbonyl (C=O) groups is 1. The smallest absolute Gasteiger partial charge is 0.394 e. The summed E-state index contributed by atoms with van der Waals surface area (Å²) in [6, 6.07) is 2.37. The highest BCUT2D eigenvalue weighted by Crippen LogP contribution is 2.21. The van der Waals surface area contributed by atoms with Crippen molar-refractivity contribution in [2.75, 3.05) is 0 Å². The summed E-state index contributed by atoms with van der Waals surface area (Å²) in [4.78, 5) is 13.9. The van der Waals surface area contributed by atoms with Crippen molar-refractivity contribution in [3.8, 4) is 0 Å². The van der Waals surface area contributed by atoms with E-state index in [2.05, 4.69) is 4.98 Å². The molecular weight excluding hydrogens is 199 g/mol. The molecule has 0 aliphatic carbocycles. The number of hydrogen-bond donors (Lipinski definition) is 1. The summed E-state index contributed by atoms with van der Waals surface area (Å²) in [6.07, 6.45) is -4.64. The highest BCUT2D eigenvalue weighted by Gasteiger charge is 2.30. The van der Waals surface area contributed by atoms with Crippen molar-refractivity contribution < 1.29 is 23.1 Å². The number of halogens is 3. The predicted molar refractivity (Wildman–Crippen MR) is 41.0 cm³/mol. The second-order valence-electron chi connectivity index (χ2n) is 2.59. The predicted octanol–water partition coefficient (Wildman–Crippen LogP) is 1.88. The molecule has 6 heteroatoms. The number of nitrogens with zero attached hydrogens (tertiary/aromatic N) is 1. The van der Waals surface area contributed by atoms with Crippen molar-refractivity contribution in [3.63, 3.8) is 0 Å². The molecule has 1 N–H and O–H groups in total. The molecule has 0 bridgehead atoms. The molecule has 14 heavy (non-hydrogen) atoms. The Kier molecular flexibility index (Phi) is 2.73. The van der Waals surface area contributed by atoms with Crippen LogP contribution in [0.2, 0.25) is 0 Å². The van der Waals surface area contributed by atoms with E-state index in [4.69, 9.17) is 5.11 Å². The first-order chi connectivity index (χ1) is 6.40. The summed E-state index contributed by atoms with van der Waals surface area (Å²) in [7, 11) is 0. The Morgan fingerprint density at radius 3 is 2.64 bits per heavy atom. The molecule has 0 aliphatic rings. The fourth-order valence-corrected chi connectivity index (χ4v) is 0.963. The summed E-state index contributed by atoms with van der Waals surface area (Å²) >= 11 is 0. The largest absolute Gasteiger partial charge is 0.478 e. The molecule has 0 aliphatic heterocycles. The molecular formula is C8H6F3NO2. The van der Waals surface area contributed by atoms with E-state index in [9.17, 15) is 18.0 Å². The van der Waals surface area contributed by atoms with Gasteiger partial charge in [-0.25, -0.2) is 4.79 Å². The fourth-order valence-electron chi connectivity index (χ4n) is 0.963. The van der Waals surface area contributed by atoms with E-state index in [1.807, 2.05) is 0 Å². The number of aromatic nitrogens is 1. The normalized spacial score (nSPS) is 11.4. The molecule has 0 saturated heterocycles.